The van der Waals surface area contributed by atoms with E-state index in [1.165, 1.54) is 57.8 Å². The van der Waals surface area contributed by atoms with Gasteiger partial charge in [0.2, 0.25) is 5.91 Å². The van der Waals surface area contributed by atoms with E-state index in [9.17, 15) is 19.4 Å². The Labute approximate surface area is 331 Å². The largest absolute Gasteiger partial charge is 0.756 e. The Bertz CT molecular complexity index is 1150. The second-order valence-electron chi connectivity index (χ2n) is 14.9. The molecule has 0 aliphatic rings. The smallest absolute Gasteiger partial charge is 0.268 e. The fraction of sp³-hybridized carbons (Fsp3) is 0.667. The fourth-order valence-corrected chi connectivity index (χ4v) is 5.98. The van der Waals surface area contributed by atoms with Gasteiger partial charge in [0.1, 0.15) is 13.2 Å². The van der Waals surface area contributed by atoms with E-state index in [-0.39, 0.29) is 18.9 Å². The molecule has 0 fully saturated rings. The Balaban J connectivity index is 4.66. The normalized spacial score (nSPS) is 15.3. The number of likely N-dealkylation sites (N-methyl/N-ethyl adjacent to an activating group) is 1. The Morgan fingerprint density at radius 1 is 0.667 bits per heavy atom. The van der Waals surface area contributed by atoms with Crippen molar-refractivity contribution in [2.24, 2.45) is 0 Å². The maximum Gasteiger partial charge on any atom is 0.268 e. The van der Waals surface area contributed by atoms with Crippen molar-refractivity contribution >= 4 is 13.7 Å². The molecule has 1 amide bonds. The molecule has 2 N–H and O–H groups in total. The summed E-state index contributed by atoms with van der Waals surface area (Å²) in [5.41, 5.74) is 0. The van der Waals surface area contributed by atoms with Gasteiger partial charge in [0.25, 0.3) is 7.82 Å². The van der Waals surface area contributed by atoms with Gasteiger partial charge in [-0.25, -0.2) is 0 Å². The molecular formula is C45H79N2O6P. The highest BCUT2D eigenvalue weighted by Gasteiger charge is 2.23. The molecule has 0 heterocycles. The van der Waals surface area contributed by atoms with Crippen LogP contribution < -0.4 is 10.2 Å². The predicted molar refractivity (Wildman–Crippen MR) is 228 cm³/mol. The second kappa shape index (κ2) is 36.3. The van der Waals surface area contributed by atoms with E-state index in [1.807, 2.05) is 27.2 Å². The summed E-state index contributed by atoms with van der Waals surface area (Å²) in [6.07, 6.45) is 49.2. The van der Waals surface area contributed by atoms with Crippen LogP contribution in [0.5, 0.6) is 0 Å². The van der Waals surface area contributed by atoms with Crippen molar-refractivity contribution in [3.8, 4) is 0 Å². The van der Waals surface area contributed by atoms with E-state index in [1.54, 1.807) is 6.08 Å². The van der Waals surface area contributed by atoms with Gasteiger partial charge >= 0.3 is 0 Å². The number of nitrogens with one attached hydrogen (secondary N) is 1. The molecule has 0 rings (SSSR count). The van der Waals surface area contributed by atoms with Gasteiger partial charge in [0.05, 0.1) is 39.9 Å². The summed E-state index contributed by atoms with van der Waals surface area (Å²) < 4.78 is 23.1. The standard InChI is InChI=1S/C45H79N2O6P/c1-6-8-10-12-14-16-18-20-22-23-25-27-29-31-33-35-37-39-45(49)46-43(42-53-54(50,51)52-41-40-47(3,4)5)44(48)38-36-34-32-30-28-26-24-21-19-17-15-13-11-9-7-2/h8,10,14,16,20,22,25,27-28,30-31,33,36,38,43-44,48H,6-7,9,11-13,15,17-19,21,23-24,26,29,32,34-35,37,39-42H2,1-5H3,(H-,46,49,50,51)/b10-8-,16-14-,22-20-,27-25-,30-28+,33-31-,38-36+. The number of unbranched alkanes of at least 4 members (excludes halogenated alkanes) is 11. The molecule has 0 bridgehead atoms. The summed E-state index contributed by atoms with van der Waals surface area (Å²) >= 11 is 0. The third-order valence-corrected chi connectivity index (χ3v) is 9.55. The minimum Gasteiger partial charge on any atom is -0.756 e. The molecule has 0 aliphatic heterocycles. The number of quaternary nitrogens is 1. The first-order valence-corrected chi connectivity index (χ1v) is 22.4. The van der Waals surface area contributed by atoms with Gasteiger partial charge in [0, 0.05) is 6.42 Å². The highest BCUT2D eigenvalue weighted by molar-refractivity contribution is 7.45. The molecule has 0 radical (unpaired) electrons. The van der Waals surface area contributed by atoms with Crippen LogP contribution in [0, 0.1) is 0 Å². The van der Waals surface area contributed by atoms with E-state index >= 15 is 0 Å². The van der Waals surface area contributed by atoms with Crippen molar-refractivity contribution in [3.63, 3.8) is 0 Å². The molecule has 3 unspecified atom stereocenters. The summed E-state index contributed by atoms with van der Waals surface area (Å²) in [7, 11) is 1.19. The van der Waals surface area contributed by atoms with Gasteiger partial charge in [-0.2, -0.15) is 0 Å². The topological polar surface area (TPSA) is 108 Å². The van der Waals surface area contributed by atoms with Crippen LogP contribution in [-0.2, 0) is 18.4 Å². The number of allylic oxidation sites excluding steroid dienone is 13. The lowest BCUT2D eigenvalue weighted by molar-refractivity contribution is -0.870. The number of aliphatic hydroxyl groups excluding tert-OH is 1. The van der Waals surface area contributed by atoms with E-state index < -0.39 is 26.6 Å². The number of aliphatic hydroxyl groups is 1. The third kappa shape index (κ3) is 38.0. The van der Waals surface area contributed by atoms with Crippen molar-refractivity contribution < 1.29 is 32.9 Å². The number of carbonyl (C=O) groups is 1. The lowest BCUT2D eigenvalue weighted by Gasteiger charge is -2.29. The van der Waals surface area contributed by atoms with E-state index in [2.05, 4.69) is 92.1 Å². The average Bonchev–Trinajstić information content (AvgIpc) is 3.12. The number of nitrogens with zero attached hydrogens (tertiary/aromatic N) is 1. The lowest BCUT2D eigenvalue weighted by Crippen LogP contribution is -2.45. The zero-order chi connectivity index (χ0) is 40.0. The summed E-state index contributed by atoms with van der Waals surface area (Å²) in [6.45, 7) is 4.43. The van der Waals surface area contributed by atoms with Crippen LogP contribution in [-0.4, -0.2) is 68.5 Å². The molecule has 9 heteroatoms. The molecule has 54 heavy (non-hydrogen) atoms. The Morgan fingerprint density at radius 3 is 1.72 bits per heavy atom. The molecule has 0 saturated heterocycles. The summed E-state index contributed by atoms with van der Waals surface area (Å²) in [5, 5.41) is 13.7. The predicted octanol–water partition coefficient (Wildman–Crippen LogP) is 10.8. The molecular weight excluding hydrogens is 695 g/mol. The SMILES string of the molecule is CC/C=C\C/C=C\C/C=C\C/C=C\C/C=C\CCCC(=O)NC(COP(=O)([O-])OCC[N+](C)(C)C)C(O)/C=C/CC/C=C/CCCCCCCCCCC. The van der Waals surface area contributed by atoms with Gasteiger partial charge in [-0.3, -0.25) is 9.36 Å². The molecule has 0 aromatic carbocycles. The number of amides is 1. The number of phosphoric ester groups is 1. The van der Waals surface area contributed by atoms with Crippen LogP contribution in [0.1, 0.15) is 142 Å². The second-order valence-corrected chi connectivity index (χ2v) is 16.4. The van der Waals surface area contributed by atoms with E-state index in [0.29, 0.717) is 17.4 Å². The summed E-state index contributed by atoms with van der Waals surface area (Å²) in [4.78, 5) is 25.2. The molecule has 0 aromatic heterocycles. The van der Waals surface area contributed by atoms with Crippen LogP contribution >= 0.6 is 7.82 Å². The Morgan fingerprint density at radius 2 is 1.15 bits per heavy atom. The monoisotopic (exact) mass is 775 g/mol. The maximum absolute atomic E-state index is 12.8. The zero-order valence-corrected chi connectivity index (χ0v) is 35.8. The maximum atomic E-state index is 12.8. The van der Waals surface area contributed by atoms with Gasteiger partial charge in [-0.1, -0.05) is 150 Å². The first kappa shape index (κ1) is 51.7. The number of hydrogen-bond acceptors (Lipinski definition) is 6. The van der Waals surface area contributed by atoms with E-state index in [4.69, 9.17) is 9.05 Å². The number of phosphoric acid groups is 1. The van der Waals surface area contributed by atoms with Crippen molar-refractivity contribution in [3.05, 3.63) is 85.1 Å². The van der Waals surface area contributed by atoms with Crippen LogP contribution in [0.15, 0.2) is 85.1 Å². The summed E-state index contributed by atoms with van der Waals surface area (Å²) in [6, 6.07) is -0.936. The van der Waals surface area contributed by atoms with Gasteiger partial charge in [-0.15, -0.1) is 0 Å². The van der Waals surface area contributed by atoms with Gasteiger partial charge < -0.3 is 28.8 Å². The highest BCUT2D eigenvalue weighted by atomic mass is 31.2. The molecule has 3 atom stereocenters. The molecule has 0 spiro atoms. The molecule has 310 valence electrons. The molecule has 0 saturated carbocycles. The van der Waals surface area contributed by atoms with Crippen LogP contribution in [0.4, 0.5) is 0 Å². The van der Waals surface area contributed by atoms with Crippen molar-refractivity contribution in [1.29, 1.82) is 0 Å². The Kier molecular flexibility index (Phi) is 34.8. The highest BCUT2D eigenvalue weighted by Crippen LogP contribution is 2.38. The Hall–Kier alpha value is -2.32. The van der Waals surface area contributed by atoms with Crippen molar-refractivity contribution in [2.45, 2.75) is 154 Å². The molecule has 8 nitrogen and oxygen atoms in total. The zero-order valence-electron chi connectivity index (χ0n) is 34.9. The third-order valence-electron chi connectivity index (χ3n) is 8.59. The van der Waals surface area contributed by atoms with Gasteiger partial charge in [0.15, 0.2) is 0 Å². The first-order chi connectivity index (χ1) is 26.0. The van der Waals surface area contributed by atoms with Crippen LogP contribution in [0.3, 0.4) is 0 Å². The fourth-order valence-electron chi connectivity index (χ4n) is 5.26. The average molecular weight is 775 g/mol. The molecule has 0 aliphatic carbocycles. The van der Waals surface area contributed by atoms with Crippen molar-refractivity contribution in [2.75, 3.05) is 40.9 Å². The van der Waals surface area contributed by atoms with Crippen molar-refractivity contribution in [1.82, 2.24) is 5.32 Å². The van der Waals surface area contributed by atoms with Crippen LogP contribution in [0.25, 0.3) is 0 Å². The van der Waals surface area contributed by atoms with Crippen LogP contribution in [0.2, 0.25) is 0 Å². The number of hydrogen-bond donors (Lipinski definition) is 2. The quantitative estimate of drug-likeness (QED) is 0.0284. The lowest BCUT2D eigenvalue weighted by atomic mass is 10.1. The molecule has 0 aromatic rings. The first-order valence-electron chi connectivity index (χ1n) is 20.9. The minimum absolute atomic E-state index is 0.0216. The van der Waals surface area contributed by atoms with Gasteiger partial charge in [-0.05, 0) is 70.6 Å². The number of rotatable bonds is 36. The minimum atomic E-state index is -4.61. The number of carbonyl (C=O) groups excluding carboxylic acids is 1. The summed E-state index contributed by atoms with van der Waals surface area (Å²) in [5.74, 6) is -0.269. The van der Waals surface area contributed by atoms with E-state index in [0.717, 1.165) is 57.8 Å².